The highest BCUT2D eigenvalue weighted by Crippen LogP contribution is 2.29. The quantitative estimate of drug-likeness (QED) is 0.782. The first-order chi connectivity index (χ1) is 10.9. The maximum atomic E-state index is 12.4. The number of rotatable bonds is 3. The van der Waals surface area contributed by atoms with Gasteiger partial charge in [0.15, 0.2) is 10.8 Å². The summed E-state index contributed by atoms with van der Waals surface area (Å²) in [5.74, 6) is -0.221. The minimum absolute atomic E-state index is 0.221. The Hall–Kier alpha value is -2.21. The second-order valence-corrected chi connectivity index (χ2v) is 7.07. The predicted molar refractivity (Wildman–Crippen MR) is 94.4 cm³/mol. The number of carbonyl (C=O) groups is 1. The number of carbonyl (C=O) groups excluding carboxylic acids is 1. The third-order valence-electron chi connectivity index (χ3n) is 3.95. The number of hydrogen-bond acceptors (Lipinski definition) is 4. The summed E-state index contributed by atoms with van der Waals surface area (Å²) in [6.45, 7) is 10.2. The van der Waals surface area contributed by atoms with Gasteiger partial charge in [0, 0.05) is 11.7 Å². The molecule has 0 saturated carbocycles. The lowest BCUT2D eigenvalue weighted by atomic mass is 10.1. The molecular formula is C17H20N4OS. The lowest BCUT2D eigenvalue weighted by molar-refractivity contribution is 0.102. The van der Waals surface area contributed by atoms with Gasteiger partial charge < -0.3 is 0 Å². The van der Waals surface area contributed by atoms with Crippen molar-refractivity contribution in [3.63, 3.8) is 0 Å². The van der Waals surface area contributed by atoms with Gasteiger partial charge >= 0.3 is 0 Å². The summed E-state index contributed by atoms with van der Waals surface area (Å²) in [4.78, 5) is 17.0. The van der Waals surface area contributed by atoms with Gasteiger partial charge in [-0.05, 0) is 57.9 Å². The van der Waals surface area contributed by atoms with Gasteiger partial charge in [-0.25, -0.2) is 4.98 Å². The molecule has 0 fully saturated rings. The van der Waals surface area contributed by atoms with Crippen molar-refractivity contribution in [2.75, 3.05) is 5.32 Å². The van der Waals surface area contributed by atoms with Crippen LogP contribution < -0.4 is 5.32 Å². The molecule has 3 aromatic rings. The minimum atomic E-state index is -0.221. The van der Waals surface area contributed by atoms with Crippen LogP contribution in [0.2, 0.25) is 0 Å². The van der Waals surface area contributed by atoms with Crippen LogP contribution in [-0.4, -0.2) is 20.7 Å². The van der Waals surface area contributed by atoms with Crippen molar-refractivity contribution in [2.45, 2.75) is 40.7 Å². The maximum Gasteiger partial charge on any atom is 0.277 e. The molecule has 23 heavy (non-hydrogen) atoms. The zero-order valence-corrected chi connectivity index (χ0v) is 14.8. The number of benzene rings is 1. The summed E-state index contributed by atoms with van der Waals surface area (Å²) in [6, 6.07) is 6.15. The Morgan fingerprint density at radius 2 is 2.00 bits per heavy atom. The van der Waals surface area contributed by atoms with Crippen molar-refractivity contribution in [1.82, 2.24) is 14.8 Å². The number of hydrogen-bond donors (Lipinski definition) is 1. The van der Waals surface area contributed by atoms with E-state index in [4.69, 9.17) is 0 Å². The fraction of sp³-hybridized carbons (Fsp3) is 0.353. The Balaban J connectivity index is 1.88. The third kappa shape index (κ3) is 2.86. The molecule has 0 saturated heterocycles. The molecule has 0 aliphatic heterocycles. The van der Waals surface area contributed by atoms with Crippen molar-refractivity contribution >= 4 is 32.6 Å². The van der Waals surface area contributed by atoms with E-state index in [1.54, 1.807) is 6.07 Å². The predicted octanol–water partition coefficient (Wildman–Crippen LogP) is 4.25. The molecule has 1 N–H and O–H groups in total. The van der Waals surface area contributed by atoms with E-state index < -0.39 is 0 Å². The molecule has 0 aliphatic carbocycles. The molecule has 2 heterocycles. The van der Waals surface area contributed by atoms with Crippen LogP contribution >= 0.6 is 11.3 Å². The van der Waals surface area contributed by atoms with Crippen molar-refractivity contribution in [1.29, 1.82) is 0 Å². The van der Waals surface area contributed by atoms with E-state index >= 15 is 0 Å². The number of thiazole rings is 1. The van der Waals surface area contributed by atoms with Gasteiger partial charge in [0.25, 0.3) is 5.91 Å². The molecular weight excluding hydrogens is 308 g/mol. The second-order valence-electron chi connectivity index (χ2n) is 6.04. The van der Waals surface area contributed by atoms with E-state index in [0.29, 0.717) is 10.8 Å². The van der Waals surface area contributed by atoms with Gasteiger partial charge in [-0.1, -0.05) is 17.4 Å². The Morgan fingerprint density at radius 1 is 1.26 bits per heavy atom. The first kappa shape index (κ1) is 15.7. The summed E-state index contributed by atoms with van der Waals surface area (Å²) < 4.78 is 2.92. The first-order valence-electron chi connectivity index (χ1n) is 7.61. The number of fused-ring (bicyclic) bond motifs is 1. The summed E-state index contributed by atoms with van der Waals surface area (Å²) in [7, 11) is 0. The molecule has 0 spiro atoms. The fourth-order valence-electron chi connectivity index (χ4n) is 2.56. The number of aromatic nitrogens is 3. The molecule has 1 amide bonds. The molecule has 0 atom stereocenters. The molecule has 0 aliphatic rings. The molecule has 3 rings (SSSR count). The summed E-state index contributed by atoms with van der Waals surface area (Å²) in [5.41, 5.74) is 4.70. The van der Waals surface area contributed by atoms with Crippen LogP contribution in [0.4, 0.5) is 5.13 Å². The van der Waals surface area contributed by atoms with Gasteiger partial charge in [-0.3, -0.25) is 14.8 Å². The highest BCUT2D eigenvalue weighted by molar-refractivity contribution is 7.22. The highest BCUT2D eigenvalue weighted by atomic mass is 32.1. The summed E-state index contributed by atoms with van der Waals surface area (Å²) >= 11 is 1.48. The SMILES string of the molecule is Cc1ccc2sc(NC(=O)c3cc(C)n(C(C)C)n3)nc2c1C. The largest absolute Gasteiger partial charge is 0.296 e. The average molecular weight is 328 g/mol. The van der Waals surface area contributed by atoms with Crippen LogP contribution in [-0.2, 0) is 0 Å². The molecule has 1 aromatic carbocycles. The highest BCUT2D eigenvalue weighted by Gasteiger charge is 2.16. The monoisotopic (exact) mass is 328 g/mol. The van der Waals surface area contributed by atoms with Crippen LogP contribution in [0.5, 0.6) is 0 Å². The summed E-state index contributed by atoms with van der Waals surface area (Å²) in [6.07, 6.45) is 0. The molecule has 0 radical (unpaired) electrons. The molecule has 5 nitrogen and oxygen atoms in total. The number of aryl methyl sites for hydroxylation is 3. The standard InChI is InChI=1S/C17H20N4OS/c1-9(2)21-11(4)8-13(20-21)16(22)19-17-18-15-12(5)10(3)6-7-14(15)23-17/h6-9H,1-5H3,(H,18,19,22). The zero-order chi connectivity index (χ0) is 16.7. The number of anilines is 1. The van der Waals surface area contributed by atoms with Crippen LogP contribution in [0.3, 0.4) is 0 Å². The zero-order valence-electron chi connectivity index (χ0n) is 14.0. The Morgan fingerprint density at radius 3 is 2.65 bits per heavy atom. The summed E-state index contributed by atoms with van der Waals surface area (Å²) in [5, 5.41) is 7.85. The second kappa shape index (κ2) is 5.77. The average Bonchev–Trinajstić information content (AvgIpc) is 3.07. The van der Waals surface area contributed by atoms with E-state index in [-0.39, 0.29) is 11.9 Å². The van der Waals surface area contributed by atoms with Crippen LogP contribution in [0.15, 0.2) is 18.2 Å². The van der Waals surface area contributed by atoms with Crippen LogP contribution in [0.25, 0.3) is 10.2 Å². The molecule has 6 heteroatoms. The number of nitrogens with one attached hydrogen (secondary N) is 1. The Bertz CT molecular complexity index is 892. The van der Waals surface area contributed by atoms with Crippen LogP contribution in [0, 0.1) is 20.8 Å². The van der Waals surface area contributed by atoms with Crippen molar-refractivity contribution in [3.05, 3.63) is 40.7 Å². The van der Waals surface area contributed by atoms with Gasteiger partial charge in [0.2, 0.25) is 0 Å². The van der Waals surface area contributed by atoms with Crippen molar-refractivity contribution in [2.24, 2.45) is 0 Å². The molecule has 0 unspecified atom stereocenters. The first-order valence-corrected chi connectivity index (χ1v) is 8.42. The number of amides is 1. The molecule has 120 valence electrons. The van der Waals surface area contributed by atoms with Crippen molar-refractivity contribution in [3.8, 4) is 0 Å². The molecule has 2 aromatic heterocycles. The third-order valence-corrected chi connectivity index (χ3v) is 4.89. The van der Waals surface area contributed by atoms with E-state index in [1.807, 2.05) is 31.5 Å². The Labute approximate surface area is 139 Å². The minimum Gasteiger partial charge on any atom is -0.296 e. The normalized spacial score (nSPS) is 11.4. The van der Waals surface area contributed by atoms with Crippen LogP contribution in [0.1, 0.15) is 47.2 Å². The van der Waals surface area contributed by atoms with E-state index in [1.165, 1.54) is 16.9 Å². The van der Waals surface area contributed by atoms with E-state index in [2.05, 4.69) is 35.3 Å². The molecule has 0 bridgehead atoms. The topological polar surface area (TPSA) is 59.8 Å². The van der Waals surface area contributed by atoms with Gasteiger partial charge in [-0.2, -0.15) is 5.10 Å². The van der Waals surface area contributed by atoms with Gasteiger partial charge in [0.05, 0.1) is 10.2 Å². The van der Waals surface area contributed by atoms with Gasteiger partial charge in [-0.15, -0.1) is 0 Å². The Kier molecular flexibility index (Phi) is 3.93. The van der Waals surface area contributed by atoms with Crippen molar-refractivity contribution < 1.29 is 4.79 Å². The number of nitrogens with zero attached hydrogens (tertiary/aromatic N) is 3. The van der Waals surface area contributed by atoms with E-state index in [9.17, 15) is 4.79 Å². The van der Waals surface area contributed by atoms with Gasteiger partial charge in [0.1, 0.15) is 0 Å². The lowest BCUT2D eigenvalue weighted by Crippen LogP contribution is -2.13. The maximum absolute atomic E-state index is 12.4. The fourth-order valence-corrected chi connectivity index (χ4v) is 3.48. The van der Waals surface area contributed by atoms with E-state index in [0.717, 1.165) is 21.5 Å². The lowest BCUT2D eigenvalue weighted by Gasteiger charge is -2.06. The smallest absolute Gasteiger partial charge is 0.277 e.